The summed E-state index contributed by atoms with van der Waals surface area (Å²) in [4.78, 5) is 71.7. The third-order valence-electron chi connectivity index (χ3n) is 7.38. The van der Waals surface area contributed by atoms with Gasteiger partial charge >= 0.3 is 23.5 Å². The number of nitrogens with two attached hydrogens (primary N) is 1. The summed E-state index contributed by atoms with van der Waals surface area (Å²) < 4.78 is 62.1. The molecule has 0 aliphatic carbocycles. The number of carbonyl (C=O) groups excluding carboxylic acids is 2. The first kappa shape index (κ1) is 43.0. The zero-order chi connectivity index (χ0) is 38.6. The highest BCUT2D eigenvalue weighted by Gasteiger charge is 2.50. The molecule has 0 aromatic carbocycles. The standard InChI is InChI=1S/C26H45N6O16P3/c1-25(2,3)8-11-28-17(33)7-10-30-23(36)21(35)26(4,5)13-45-51(42,43)48-50(40,41)44-12-16-20(47-49(37,38)39)19(34)24(46-16)32-14-31-18-15(27)6-9-29-22(18)32/h6,9,14,16,19-21,24,34-35H,7-8,10-13H2,1-5H3,(H2,27,29)(H,28,33)(H,30,36)(H,40,41)(H,42,43)(H2,37,38,39)/t16-,19+,20?,21+,24-/m1/s1. The van der Waals surface area contributed by atoms with Crippen LogP contribution in [0.3, 0.4) is 0 Å². The number of hydrogen-bond donors (Lipinski definition) is 9. The van der Waals surface area contributed by atoms with Gasteiger partial charge in [0.05, 0.1) is 25.2 Å². The van der Waals surface area contributed by atoms with E-state index >= 15 is 0 Å². The van der Waals surface area contributed by atoms with E-state index in [0.717, 1.165) is 12.7 Å². The highest BCUT2D eigenvalue weighted by atomic mass is 31.3. The normalized spacial score (nSPS) is 23.0. The third-order valence-corrected chi connectivity index (χ3v) is 10.5. The number of hydrogen-bond acceptors (Lipinski definition) is 15. The smallest absolute Gasteiger partial charge is 0.397 e. The number of ether oxygens (including phenoxy) is 1. The van der Waals surface area contributed by atoms with Crippen LogP contribution in [0.1, 0.15) is 53.7 Å². The van der Waals surface area contributed by atoms with Crippen molar-refractivity contribution >= 4 is 52.1 Å². The van der Waals surface area contributed by atoms with Gasteiger partial charge in [-0.2, -0.15) is 4.31 Å². The van der Waals surface area contributed by atoms with Crippen molar-refractivity contribution in [2.75, 3.05) is 32.0 Å². The average Bonchev–Trinajstić information content (AvgIpc) is 3.54. The summed E-state index contributed by atoms with van der Waals surface area (Å²) in [5.74, 6) is -1.25. The first-order chi connectivity index (χ1) is 23.3. The van der Waals surface area contributed by atoms with Crippen LogP contribution in [0.2, 0.25) is 0 Å². The number of aromatic nitrogens is 3. The van der Waals surface area contributed by atoms with E-state index in [-0.39, 0.29) is 41.1 Å². The molecule has 1 aliphatic rings. The largest absolute Gasteiger partial charge is 0.481 e. The number of carbonyl (C=O) groups is 2. The van der Waals surface area contributed by atoms with E-state index in [1.807, 2.05) is 20.8 Å². The maximum absolute atomic E-state index is 12.6. The lowest BCUT2D eigenvalue weighted by Gasteiger charge is -2.30. The molecule has 0 bridgehead atoms. The molecule has 3 unspecified atom stereocenters. The van der Waals surface area contributed by atoms with E-state index in [2.05, 4.69) is 29.4 Å². The van der Waals surface area contributed by atoms with Crippen LogP contribution in [0.5, 0.6) is 0 Å². The number of rotatable bonds is 18. The fourth-order valence-corrected chi connectivity index (χ4v) is 7.43. The van der Waals surface area contributed by atoms with Crippen molar-refractivity contribution < 1.29 is 75.7 Å². The number of phosphoric ester groups is 3. The lowest BCUT2D eigenvalue weighted by Crippen LogP contribution is -2.46. The van der Waals surface area contributed by atoms with Crippen molar-refractivity contribution in [3.63, 3.8) is 0 Å². The molecular weight excluding hydrogens is 745 g/mol. The second-order valence-electron chi connectivity index (χ2n) is 13.5. The van der Waals surface area contributed by atoms with Crippen molar-refractivity contribution in [3.8, 4) is 0 Å². The van der Waals surface area contributed by atoms with Gasteiger partial charge in [-0.1, -0.05) is 34.6 Å². The summed E-state index contributed by atoms with van der Waals surface area (Å²) in [7, 11) is -16.3. The van der Waals surface area contributed by atoms with Crippen LogP contribution in [-0.2, 0) is 45.9 Å². The Morgan fingerprint density at radius 3 is 2.31 bits per heavy atom. The molecule has 25 heteroatoms. The molecule has 0 saturated carbocycles. The molecule has 2 aromatic rings. The molecule has 7 atom stereocenters. The van der Waals surface area contributed by atoms with E-state index in [9.17, 15) is 53.1 Å². The van der Waals surface area contributed by atoms with Gasteiger partial charge in [0, 0.05) is 31.1 Å². The second-order valence-corrected chi connectivity index (χ2v) is 17.8. The van der Waals surface area contributed by atoms with Crippen LogP contribution in [0, 0.1) is 10.8 Å². The Kier molecular flexibility index (Phi) is 14.1. The van der Waals surface area contributed by atoms with Crippen LogP contribution in [0.4, 0.5) is 5.69 Å². The topological polar surface area (TPSA) is 334 Å². The molecule has 10 N–H and O–H groups in total. The van der Waals surface area contributed by atoms with Crippen LogP contribution in [0.15, 0.2) is 18.6 Å². The van der Waals surface area contributed by atoms with Crippen LogP contribution >= 0.6 is 23.5 Å². The molecule has 51 heavy (non-hydrogen) atoms. The molecule has 0 spiro atoms. The maximum atomic E-state index is 12.6. The number of nitrogens with zero attached hydrogens (tertiary/aromatic N) is 3. The number of nitrogens with one attached hydrogen (secondary N) is 2. The number of nitrogen functional groups attached to an aromatic ring is 1. The van der Waals surface area contributed by atoms with Gasteiger partial charge < -0.3 is 50.9 Å². The van der Waals surface area contributed by atoms with Gasteiger partial charge in [0.25, 0.3) is 0 Å². The lowest BCUT2D eigenvalue weighted by atomic mass is 9.87. The first-order valence-electron chi connectivity index (χ1n) is 15.3. The van der Waals surface area contributed by atoms with E-state index in [0.29, 0.717) is 6.54 Å². The number of amides is 2. The fourth-order valence-electron chi connectivity index (χ4n) is 4.60. The van der Waals surface area contributed by atoms with Crippen LogP contribution in [-0.4, -0.2) is 107 Å². The molecule has 22 nitrogen and oxygen atoms in total. The summed E-state index contributed by atoms with van der Waals surface area (Å²) in [6.45, 7) is 6.98. The first-order valence-corrected chi connectivity index (χ1v) is 19.9. The molecule has 0 radical (unpaired) electrons. The van der Waals surface area contributed by atoms with Gasteiger partial charge in [-0.15, -0.1) is 0 Å². The van der Waals surface area contributed by atoms with Gasteiger partial charge in [-0.05, 0) is 17.9 Å². The third kappa shape index (κ3) is 12.9. The Bertz CT molecular complexity index is 1680. The van der Waals surface area contributed by atoms with Gasteiger partial charge in [0.1, 0.15) is 29.9 Å². The van der Waals surface area contributed by atoms with E-state index < -0.39 is 78.6 Å². The van der Waals surface area contributed by atoms with Crippen molar-refractivity contribution in [2.45, 2.75) is 78.1 Å². The van der Waals surface area contributed by atoms with Crippen LogP contribution < -0.4 is 16.4 Å². The molecule has 2 aromatic heterocycles. The zero-order valence-electron chi connectivity index (χ0n) is 28.4. The zero-order valence-corrected chi connectivity index (χ0v) is 31.1. The number of aliphatic hydroxyl groups excluding tert-OH is 2. The molecular formula is C26H45N6O16P3. The van der Waals surface area contributed by atoms with Crippen molar-refractivity contribution in [3.05, 3.63) is 18.6 Å². The summed E-state index contributed by atoms with van der Waals surface area (Å²) in [5, 5.41) is 26.5. The van der Waals surface area contributed by atoms with E-state index in [4.69, 9.17) is 19.5 Å². The quantitative estimate of drug-likeness (QED) is 0.0925. The van der Waals surface area contributed by atoms with Gasteiger partial charge in [-0.25, -0.2) is 23.7 Å². The summed E-state index contributed by atoms with van der Waals surface area (Å²) in [6.07, 6.45) is -5.59. The Balaban J connectivity index is 1.56. The maximum Gasteiger partial charge on any atom is 0.481 e. The predicted molar refractivity (Wildman–Crippen MR) is 176 cm³/mol. The van der Waals surface area contributed by atoms with Gasteiger partial charge in [-0.3, -0.25) is 27.7 Å². The van der Waals surface area contributed by atoms with Crippen molar-refractivity contribution in [1.29, 1.82) is 0 Å². The Morgan fingerprint density at radius 2 is 1.69 bits per heavy atom. The molecule has 1 saturated heterocycles. The highest BCUT2D eigenvalue weighted by Crippen LogP contribution is 2.61. The molecule has 2 amide bonds. The van der Waals surface area contributed by atoms with E-state index in [1.165, 1.54) is 30.7 Å². The minimum absolute atomic E-state index is 0.0185. The number of imidazole rings is 1. The summed E-state index contributed by atoms with van der Waals surface area (Å²) in [6, 6.07) is 1.45. The Hall–Kier alpha value is -2.39. The SMILES string of the molecule is CC(C)(C)CCNC(=O)CCNC(=O)[C@H](O)C(C)(C)COP(=O)(O)OP(=O)(O)OC[C@H]1O[C@@H](n2cnc3c(N)ccnc32)[C@@H](O)C1OP(=O)(O)O. The molecule has 1 fully saturated rings. The number of aliphatic hydroxyl groups is 2. The average molecular weight is 791 g/mol. The minimum atomic E-state index is -5.53. The van der Waals surface area contributed by atoms with Gasteiger partial charge in [0.15, 0.2) is 11.9 Å². The van der Waals surface area contributed by atoms with Crippen molar-refractivity contribution in [1.82, 2.24) is 25.2 Å². The highest BCUT2D eigenvalue weighted by molar-refractivity contribution is 7.61. The minimum Gasteiger partial charge on any atom is -0.397 e. The molecule has 1 aliphatic heterocycles. The van der Waals surface area contributed by atoms with Crippen LogP contribution in [0.25, 0.3) is 11.2 Å². The molecule has 3 heterocycles. The summed E-state index contributed by atoms with van der Waals surface area (Å²) >= 11 is 0. The number of phosphoric acid groups is 3. The lowest BCUT2D eigenvalue weighted by molar-refractivity contribution is -0.137. The Labute approximate surface area is 292 Å². The van der Waals surface area contributed by atoms with Crippen molar-refractivity contribution in [2.24, 2.45) is 10.8 Å². The molecule has 290 valence electrons. The Morgan fingerprint density at radius 1 is 1.04 bits per heavy atom. The number of fused-ring (bicyclic) bond motifs is 1. The summed E-state index contributed by atoms with van der Waals surface area (Å²) in [5.41, 5.74) is 4.84. The monoisotopic (exact) mass is 790 g/mol. The number of pyridine rings is 1. The fraction of sp³-hybridized carbons (Fsp3) is 0.692. The second kappa shape index (κ2) is 16.7. The predicted octanol–water partition coefficient (Wildman–Crippen LogP) is 0.446. The number of anilines is 1. The van der Waals surface area contributed by atoms with E-state index in [1.54, 1.807) is 0 Å². The van der Waals surface area contributed by atoms with Gasteiger partial charge in [0.2, 0.25) is 11.8 Å². The molecule has 3 rings (SSSR count).